The summed E-state index contributed by atoms with van der Waals surface area (Å²) in [4.78, 5) is 34.7. The van der Waals surface area contributed by atoms with Gasteiger partial charge in [0.05, 0.1) is 23.8 Å². The zero-order valence-corrected chi connectivity index (χ0v) is 19.2. The Morgan fingerprint density at radius 3 is 2.34 bits per heavy atom. The van der Waals surface area contributed by atoms with Gasteiger partial charge in [0.15, 0.2) is 0 Å². The van der Waals surface area contributed by atoms with E-state index in [0.717, 1.165) is 18.5 Å². The number of amides is 2. The fraction of sp³-hybridized carbons (Fsp3) is 0.417. The molecular formula is C24H26N4O3S. The van der Waals surface area contributed by atoms with Gasteiger partial charge in [0.25, 0.3) is 11.8 Å². The summed E-state index contributed by atoms with van der Waals surface area (Å²) in [5.74, 6) is 0.674. The van der Waals surface area contributed by atoms with Crippen molar-refractivity contribution in [1.82, 2.24) is 14.8 Å². The second-order valence-corrected chi connectivity index (χ2v) is 8.80. The lowest BCUT2D eigenvalue weighted by Crippen LogP contribution is -2.37. The maximum absolute atomic E-state index is 13.5. The summed E-state index contributed by atoms with van der Waals surface area (Å²) in [6.07, 6.45) is 4.69. The van der Waals surface area contributed by atoms with Gasteiger partial charge in [-0.25, -0.2) is 4.98 Å². The van der Waals surface area contributed by atoms with Crippen molar-refractivity contribution >= 4 is 23.6 Å². The zero-order chi connectivity index (χ0) is 22.7. The van der Waals surface area contributed by atoms with E-state index in [1.54, 1.807) is 35.1 Å². The van der Waals surface area contributed by atoms with E-state index in [-0.39, 0.29) is 11.8 Å². The first-order valence-electron chi connectivity index (χ1n) is 10.8. The van der Waals surface area contributed by atoms with Crippen LogP contribution < -0.4 is 4.74 Å². The number of ether oxygens (including phenoxy) is 1. The van der Waals surface area contributed by atoms with E-state index in [2.05, 4.69) is 11.1 Å². The predicted molar refractivity (Wildman–Crippen MR) is 122 cm³/mol. The fourth-order valence-corrected chi connectivity index (χ4v) is 4.60. The normalized spacial score (nSPS) is 16.3. The number of nitriles is 1. The van der Waals surface area contributed by atoms with E-state index in [9.17, 15) is 14.9 Å². The monoisotopic (exact) mass is 450 g/mol. The summed E-state index contributed by atoms with van der Waals surface area (Å²) in [6.45, 7) is 1.95. The van der Waals surface area contributed by atoms with Crippen molar-refractivity contribution < 1.29 is 14.3 Å². The average Bonchev–Trinajstić information content (AvgIpc) is 3.69. The van der Waals surface area contributed by atoms with Crippen molar-refractivity contribution in [2.75, 3.05) is 39.5 Å². The summed E-state index contributed by atoms with van der Waals surface area (Å²) in [7, 11) is 1.55. The number of thioether (sulfide) groups is 1. The van der Waals surface area contributed by atoms with Gasteiger partial charge in [-0.3, -0.25) is 9.59 Å². The van der Waals surface area contributed by atoms with E-state index in [4.69, 9.17) is 4.74 Å². The molecule has 0 radical (unpaired) electrons. The lowest BCUT2D eigenvalue weighted by molar-refractivity contribution is 0.0716. The first-order valence-corrected chi connectivity index (χ1v) is 12.0. The van der Waals surface area contributed by atoms with Crippen LogP contribution in [0.25, 0.3) is 0 Å². The third-order valence-electron chi connectivity index (χ3n) is 5.94. The number of nitrogens with zero attached hydrogens (tertiary/aromatic N) is 4. The smallest absolute Gasteiger partial charge is 0.257 e. The van der Waals surface area contributed by atoms with Crippen LogP contribution in [-0.2, 0) is 0 Å². The number of methoxy groups -OCH3 is 1. The molecule has 166 valence electrons. The summed E-state index contributed by atoms with van der Waals surface area (Å²) < 4.78 is 5.34. The molecule has 1 aromatic carbocycles. The third kappa shape index (κ3) is 4.44. The summed E-state index contributed by atoms with van der Waals surface area (Å²) in [6, 6.07) is 11.2. The molecule has 2 aromatic rings. The molecule has 0 bridgehead atoms. The highest BCUT2D eigenvalue weighted by molar-refractivity contribution is 7.98. The lowest BCUT2D eigenvalue weighted by Gasteiger charge is -2.23. The predicted octanol–water partition coefficient (Wildman–Crippen LogP) is 3.55. The first kappa shape index (κ1) is 22.2. The maximum Gasteiger partial charge on any atom is 0.257 e. The van der Waals surface area contributed by atoms with E-state index in [1.165, 1.54) is 11.8 Å². The standard InChI is InChI=1S/C24H26N4O3S/c1-31-21-7-4-3-6-17(21)23(29)27-10-5-11-28(13-12-27)24(30)18-14-20(16-8-9-16)26-22(32-2)19(18)15-25/h3-4,6-7,14,16H,5,8-13H2,1-2H3. The van der Waals surface area contributed by atoms with Gasteiger partial charge in [0, 0.05) is 37.8 Å². The maximum atomic E-state index is 13.5. The number of benzene rings is 1. The number of carbonyl (C=O) groups excluding carboxylic acids is 2. The zero-order valence-electron chi connectivity index (χ0n) is 18.3. The Labute approximate surface area is 192 Å². The van der Waals surface area contributed by atoms with Gasteiger partial charge >= 0.3 is 0 Å². The topological polar surface area (TPSA) is 86.5 Å². The Kier molecular flexibility index (Phi) is 6.66. The molecule has 0 unspecified atom stereocenters. The van der Waals surface area contributed by atoms with Crippen molar-refractivity contribution in [3.63, 3.8) is 0 Å². The number of aromatic nitrogens is 1. The van der Waals surface area contributed by atoms with Gasteiger partial charge in [-0.1, -0.05) is 12.1 Å². The van der Waals surface area contributed by atoms with Crippen molar-refractivity contribution in [2.24, 2.45) is 0 Å². The minimum absolute atomic E-state index is 0.0981. The second kappa shape index (κ2) is 9.61. The molecule has 1 aliphatic heterocycles. The molecule has 7 nitrogen and oxygen atoms in total. The largest absolute Gasteiger partial charge is 0.496 e. The molecule has 1 saturated carbocycles. The van der Waals surface area contributed by atoms with Crippen LogP contribution in [0.2, 0.25) is 0 Å². The number of carbonyl (C=O) groups is 2. The number of hydrogen-bond acceptors (Lipinski definition) is 6. The van der Waals surface area contributed by atoms with Gasteiger partial charge in [-0.15, -0.1) is 11.8 Å². The molecule has 0 spiro atoms. The molecule has 0 atom stereocenters. The molecule has 1 aromatic heterocycles. The second-order valence-electron chi connectivity index (χ2n) is 8.00. The van der Waals surface area contributed by atoms with Gasteiger partial charge in [0.1, 0.15) is 16.8 Å². The molecule has 0 N–H and O–H groups in total. The fourth-order valence-electron chi connectivity index (χ4n) is 4.04. The van der Waals surface area contributed by atoms with Crippen LogP contribution >= 0.6 is 11.8 Å². The molecule has 1 saturated heterocycles. The highest BCUT2D eigenvalue weighted by Crippen LogP contribution is 2.40. The molecule has 2 fully saturated rings. The number of hydrogen-bond donors (Lipinski definition) is 0. The Morgan fingerprint density at radius 1 is 1.09 bits per heavy atom. The Morgan fingerprint density at radius 2 is 1.75 bits per heavy atom. The summed E-state index contributed by atoms with van der Waals surface area (Å²) >= 11 is 1.40. The SMILES string of the molecule is COc1ccccc1C(=O)N1CCCN(C(=O)c2cc(C3CC3)nc(SC)c2C#N)CC1. The molecule has 2 heterocycles. The van der Waals surface area contributed by atoms with Crippen LogP contribution in [0.4, 0.5) is 0 Å². The number of para-hydroxylation sites is 1. The first-order chi connectivity index (χ1) is 15.6. The van der Waals surface area contributed by atoms with E-state index >= 15 is 0 Å². The average molecular weight is 451 g/mol. The molecule has 2 aliphatic rings. The van der Waals surface area contributed by atoms with Crippen molar-refractivity contribution in [3.05, 3.63) is 52.7 Å². The molecule has 2 amide bonds. The van der Waals surface area contributed by atoms with Crippen molar-refractivity contribution in [1.29, 1.82) is 5.26 Å². The molecular weight excluding hydrogens is 424 g/mol. The van der Waals surface area contributed by atoms with Gasteiger partial charge in [-0.05, 0) is 43.7 Å². The Hall–Kier alpha value is -3.05. The Bertz CT molecular complexity index is 1080. The minimum atomic E-state index is -0.159. The van der Waals surface area contributed by atoms with Crippen LogP contribution in [0.5, 0.6) is 5.75 Å². The van der Waals surface area contributed by atoms with Crippen LogP contribution in [-0.4, -0.2) is 66.1 Å². The molecule has 8 heteroatoms. The number of pyridine rings is 1. The highest BCUT2D eigenvalue weighted by atomic mass is 32.2. The van der Waals surface area contributed by atoms with Crippen molar-refractivity contribution in [2.45, 2.75) is 30.2 Å². The third-order valence-corrected chi connectivity index (χ3v) is 6.63. The summed E-state index contributed by atoms with van der Waals surface area (Å²) in [5, 5.41) is 10.3. The van der Waals surface area contributed by atoms with Crippen LogP contribution in [0, 0.1) is 11.3 Å². The lowest BCUT2D eigenvalue weighted by atomic mass is 10.1. The van der Waals surface area contributed by atoms with Crippen LogP contribution in [0.15, 0.2) is 35.4 Å². The van der Waals surface area contributed by atoms with E-state index in [1.807, 2.05) is 18.4 Å². The number of rotatable bonds is 5. The van der Waals surface area contributed by atoms with Crippen LogP contribution in [0.3, 0.4) is 0 Å². The van der Waals surface area contributed by atoms with Gasteiger partial charge < -0.3 is 14.5 Å². The Balaban J connectivity index is 1.54. The quantitative estimate of drug-likeness (QED) is 0.648. The molecule has 32 heavy (non-hydrogen) atoms. The van der Waals surface area contributed by atoms with Crippen LogP contribution in [0.1, 0.15) is 57.2 Å². The van der Waals surface area contributed by atoms with E-state index < -0.39 is 0 Å². The minimum Gasteiger partial charge on any atom is -0.496 e. The van der Waals surface area contributed by atoms with Gasteiger partial charge in [0.2, 0.25) is 0 Å². The van der Waals surface area contributed by atoms with Gasteiger partial charge in [-0.2, -0.15) is 5.26 Å². The molecule has 1 aliphatic carbocycles. The highest BCUT2D eigenvalue weighted by Gasteiger charge is 2.31. The summed E-state index contributed by atoms with van der Waals surface area (Å²) in [5.41, 5.74) is 2.20. The van der Waals surface area contributed by atoms with Crippen molar-refractivity contribution in [3.8, 4) is 11.8 Å². The molecule has 4 rings (SSSR count). The van der Waals surface area contributed by atoms with E-state index in [0.29, 0.717) is 66.0 Å².